The van der Waals surface area contributed by atoms with Crippen molar-refractivity contribution in [2.24, 2.45) is 7.05 Å². The fourth-order valence-corrected chi connectivity index (χ4v) is 3.65. The van der Waals surface area contributed by atoms with Crippen molar-refractivity contribution in [2.45, 2.75) is 45.7 Å². The second-order valence-electron chi connectivity index (χ2n) is 7.05. The summed E-state index contributed by atoms with van der Waals surface area (Å²) < 4.78 is 1.89. The summed E-state index contributed by atoms with van der Waals surface area (Å²) in [6.45, 7) is 7.01. The second kappa shape index (κ2) is 7.83. The summed E-state index contributed by atoms with van der Waals surface area (Å²) in [6, 6.07) is 10.8. The minimum Gasteiger partial charge on any atom is -0.352 e. The Morgan fingerprint density at radius 3 is 2.72 bits per heavy atom. The van der Waals surface area contributed by atoms with Gasteiger partial charge in [-0.05, 0) is 37.8 Å². The van der Waals surface area contributed by atoms with Gasteiger partial charge in [0.25, 0.3) is 0 Å². The fourth-order valence-electron chi connectivity index (χ4n) is 3.65. The second-order valence-corrected chi connectivity index (χ2v) is 7.05. The number of rotatable bonds is 6. The van der Waals surface area contributed by atoms with Gasteiger partial charge < -0.3 is 5.32 Å². The zero-order valence-electron chi connectivity index (χ0n) is 15.5. The number of nitrogens with one attached hydrogen (secondary N) is 1. The molecule has 2 aromatic rings. The van der Waals surface area contributed by atoms with Crippen molar-refractivity contribution in [1.29, 1.82) is 0 Å². The van der Waals surface area contributed by atoms with Crippen molar-refractivity contribution in [1.82, 2.24) is 20.0 Å². The van der Waals surface area contributed by atoms with Crippen molar-refractivity contribution in [3.05, 3.63) is 52.8 Å². The van der Waals surface area contributed by atoms with Gasteiger partial charge in [-0.1, -0.05) is 30.3 Å². The highest BCUT2D eigenvalue weighted by molar-refractivity contribution is 5.76. The summed E-state index contributed by atoms with van der Waals surface area (Å²) in [5.41, 5.74) is 4.72. The molecule has 25 heavy (non-hydrogen) atoms. The highest BCUT2D eigenvalue weighted by atomic mass is 16.1. The molecule has 2 heterocycles. The van der Waals surface area contributed by atoms with Crippen LogP contribution in [0.4, 0.5) is 0 Å². The third-order valence-corrected chi connectivity index (χ3v) is 5.15. The summed E-state index contributed by atoms with van der Waals surface area (Å²) in [6.07, 6.45) is 2.32. The van der Waals surface area contributed by atoms with Crippen LogP contribution in [0.1, 0.15) is 35.4 Å². The summed E-state index contributed by atoms with van der Waals surface area (Å²) in [7, 11) is 1.95. The lowest BCUT2D eigenvalue weighted by atomic mass is 10.1. The number of aryl methyl sites for hydroxylation is 2. The zero-order valence-corrected chi connectivity index (χ0v) is 15.5. The Balaban J connectivity index is 1.44. The maximum atomic E-state index is 12.3. The van der Waals surface area contributed by atoms with Crippen LogP contribution in [-0.2, 0) is 24.8 Å². The number of nitrogens with zero attached hydrogens (tertiary/aromatic N) is 3. The Morgan fingerprint density at radius 2 is 2.04 bits per heavy atom. The van der Waals surface area contributed by atoms with Crippen LogP contribution in [0.3, 0.4) is 0 Å². The molecule has 1 atom stereocenters. The first-order valence-electron chi connectivity index (χ1n) is 9.07. The Bertz CT molecular complexity index is 723. The molecule has 0 saturated carbocycles. The van der Waals surface area contributed by atoms with E-state index < -0.39 is 0 Å². The third kappa shape index (κ3) is 4.48. The Hall–Kier alpha value is -2.14. The van der Waals surface area contributed by atoms with Crippen LogP contribution in [0.15, 0.2) is 30.3 Å². The van der Waals surface area contributed by atoms with Gasteiger partial charge in [-0.25, -0.2) is 0 Å². The van der Waals surface area contributed by atoms with Crippen molar-refractivity contribution >= 4 is 5.91 Å². The first-order chi connectivity index (χ1) is 12.0. The molecule has 1 fully saturated rings. The molecule has 1 saturated heterocycles. The molecule has 5 heteroatoms. The molecule has 1 aromatic heterocycles. The van der Waals surface area contributed by atoms with E-state index in [9.17, 15) is 4.79 Å². The molecule has 5 nitrogen and oxygen atoms in total. The molecule has 0 aliphatic carbocycles. The van der Waals surface area contributed by atoms with E-state index in [2.05, 4.69) is 46.5 Å². The first kappa shape index (κ1) is 17.7. The summed E-state index contributed by atoms with van der Waals surface area (Å²) in [4.78, 5) is 14.7. The van der Waals surface area contributed by atoms with Gasteiger partial charge in [0, 0.05) is 44.8 Å². The van der Waals surface area contributed by atoms with Gasteiger partial charge >= 0.3 is 0 Å². The molecule has 0 radical (unpaired) electrons. The van der Waals surface area contributed by atoms with E-state index in [1.165, 1.54) is 11.1 Å². The van der Waals surface area contributed by atoms with E-state index in [1.807, 2.05) is 24.7 Å². The smallest absolute Gasteiger partial charge is 0.220 e. The minimum absolute atomic E-state index is 0.147. The molecule has 1 aliphatic rings. The van der Waals surface area contributed by atoms with Crippen molar-refractivity contribution in [2.75, 3.05) is 13.1 Å². The largest absolute Gasteiger partial charge is 0.352 e. The molecular formula is C20H28N4O. The number of aromatic nitrogens is 2. The van der Waals surface area contributed by atoms with Crippen LogP contribution in [0.25, 0.3) is 0 Å². The normalized spacial score (nSPS) is 17.8. The van der Waals surface area contributed by atoms with Gasteiger partial charge in [0.2, 0.25) is 5.91 Å². The molecule has 0 spiro atoms. The van der Waals surface area contributed by atoms with E-state index in [4.69, 9.17) is 0 Å². The Morgan fingerprint density at radius 1 is 1.28 bits per heavy atom. The molecule has 1 unspecified atom stereocenters. The van der Waals surface area contributed by atoms with Crippen molar-refractivity contribution in [3.63, 3.8) is 0 Å². The fraction of sp³-hybridized carbons (Fsp3) is 0.500. The standard InChI is InChI=1S/C20H28N4O/c1-15-19(16(2)23(3)22-15)9-10-20(25)21-18-11-12-24(14-18)13-17-7-5-4-6-8-17/h4-8,18H,9-14H2,1-3H3,(H,21,25). The Kier molecular flexibility index (Phi) is 5.53. The van der Waals surface area contributed by atoms with Gasteiger partial charge in [-0.15, -0.1) is 0 Å². The van der Waals surface area contributed by atoms with Crippen LogP contribution in [-0.4, -0.2) is 39.7 Å². The molecule has 1 aliphatic heterocycles. The average molecular weight is 340 g/mol. The molecule has 3 rings (SSSR count). The molecule has 1 amide bonds. The molecule has 0 bridgehead atoms. The van der Waals surface area contributed by atoms with Gasteiger partial charge in [0.1, 0.15) is 0 Å². The van der Waals surface area contributed by atoms with E-state index >= 15 is 0 Å². The van der Waals surface area contributed by atoms with Crippen LogP contribution in [0.2, 0.25) is 0 Å². The predicted molar refractivity (Wildman–Crippen MR) is 99.3 cm³/mol. The summed E-state index contributed by atoms with van der Waals surface area (Å²) in [5.74, 6) is 0.147. The third-order valence-electron chi connectivity index (χ3n) is 5.15. The first-order valence-corrected chi connectivity index (χ1v) is 9.07. The average Bonchev–Trinajstić information content (AvgIpc) is 3.11. The topological polar surface area (TPSA) is 50.2 Å². The zero-order chi connectivity index (χ0) is 17.8. The lowest BCUT2D eigenvalue weighted by Gasteiger charge is -2.17. The van der Waals surface area contributed by atoms with Crippen LogP contribution >= 0.6 is 0 Å². The Labute approximate surface area is 150 Å². The summed E-state index contributed by atoms with van der Waals surface area (Å²) in [5, 5.41) is 7.62. The van der Waals surface area contributed by atoms with Crippen LogP contribution in [0, 0.1) is 13.8 Å². The number of amides is 1. The minimum atomic E-state index is 0.147. The van der Waals surface area contributed by atoms with Crippen LogP contribution < -0.4 is 5.32 Å². The number of hydrogen-bond acceptors (Lipinski definition) is 3. The lowest BCUT2D eigenvalue weighted by Crippen LogP contribution is -2.37. The highest BCUT2D eigenvalue weighted by Crippen LogP contribution is 2.16. The van der Waals surface area contributed by atoms with Crippen molar-refractivity contribution < 1.29 is 4.79 Å². The summed E-state index contributed by atoms with van der Waals surface area (Å²) >= 11 is 0. The SMILES string of the molecule is Cc1nn(C)c(C)c1CCC(=O)NC1CCN(Cc2ccccc2)C1. The maximum Gasteiger partial charge on any atom is 0.220 e. The van der Waals surface area contributed by atoms with Gasteiger partial charge in [0.05, 0.1) is 5.69 Å². The molecular weight excluding hydrogens is 312 g/mol. The monoisotopic (exact) mass is 340 g/mol. The maximum absolute atomic E-state index is 12.3. The van der Waals surface area contributed by atoms with Gasteiger partial charge in [-0.3, -0.25) is 14.4 Å². The van der Waals surface area contributed by atoms with E-state index in [1.54, 1.807) is 0 Å². The predicted octanol–water partition coefficient (Wildman–Crippen LogP) is 2.36. The quantitative estimate of drug-likeness (QED) is 0.878. The number of carbonyl (C=O) groups is 1. The number of carbonyl (C=O) groups excluding carboxylic acids is 1. The number of likely N-dealkylation sites (tertiary alicyclic amines) is 1. The number of hydrogen-bond donors (Lipinski definition) is 1. The molecule has 1 aromatic carbocycles. The highest BCUT2D eigenvalue weighted by Gasteiger charge is 2.23. The lowest BCUT2D eigenvalue weighted by molar-refractivity contribution is -0.121. The molecule has 1 N–H and O–H groups in total. The number of benzene rings is 1. The van der Waals surface area contributed by atoms with Crippen LogP contribution in [0.5, 0.6) is 0 Å². The molecule has 134 valence electrons. The van der Waals surface area contributed by atoms with E-state index in [0.29, 0.717) is 6.42 Å². The van der Waals surface area contributed by atoms with E-state index in [-0.39, 0.29) is 11.9 Å². The van der Waals surface area contributed by atoms with E-state index in [0.717, 1.165) is 43.9 Å². The van der Waals surface area contributed by atoms with Gasteiger partial charge in [0.15, 0.2) is 0 Å². The van der Waals surface area contributed by atoms with Crippen molar-refractivity contribution in [3.8, 4) is 0 Å². The van der Waals surface area contributed by atoms with Gasteiger partial charge in [-0.2, -0.15) is 5.10 Å².